The van der Waals surface area contributed by atoms with Gasteiger partial charge in [-0.1, -0.05) is 42.5 Å². The Bertz CT molecular complexity index is 823. The largest absolute Gasteiger partial charge is 0.772 e. The lowest BCUT2D eigenvalue weighted by atomic mass is 9.66. The standard InChI is InChI=1S/C24H34N2O2S/c1-24(29(27)28)16-15-21(26(4)5)17-22(24)23(18-9-7-6-8-10-18)19-11-13-20(14-12-19)25(2)3/h6-14,21-23H,15-17H2,1-5H3,(H,27,28)/p-1. The Hall–Kier alpha value is -1.69. The minimum absolute atomic E-state index is 0.00888. The molecule has 0 aromatic heterocycles. The lowest BCUT2D eigenvalue weighted by Crippen LogP contribution is -2.50. The van der Waals surface area contributed by atoms with Crippen molar-refractivity contribution in [2.24, 2.45) is 5.92 Å². The van der Waals surface area contributed by atoms with Gasteiger partial charge in [0.05, 0.1) is 0 Å². The molecule has 1 saturated carbocycles. The third-order valence-electron chi connectivity index (χ3n) is 6.73. The molecule has 0 saturated heterocycles. The lowest BCUT2D eigenvalue weighted by Gasteiger charge is -2.50. The summed E-state index contributed by atoms with van der Waals surface area (Å²) in [6.07, 6.45) is 2.47. The topological polar surface area (TPSA) is 46.6 Å². The summed E-state index contributed by atoms with van der Waals surface area (Å²) in [5.74, 6) is 0.0488. The zero-order valence-electron chi connectivity index (χ0n) is 18.2. The molecule has 29 heavy (non-hydrogen) atoms. The van der Waals surface area contributed by atoms with Gasteiger partial charge >= 0.3 is 0 Å². The molecule has 4 nitrogen and oxygen atoms in total. The summed E-state index contributed by atoms with van der Waals surface area (Å²) < 4.78 is 24.2. The molecule has 0 amide bonds. The van der Waals surface area contributed by atoms with Crippen LogP contribution in [-0.2, 0) is 11.1 Å². The van der Waals surface area contributed by atoms with Gasteiger partial charge in [-0.25, -0.2) is 0 Å². The minimum atomic E-state index is -2.13. The predicted molar refractivity (Wildman–Crippen MR) is 121 cm³/mol. The van der Waals surface area contributed by atoms with E-state index in [-0.39, 0.29) is 11.8 Å². The van der Waals surface area contributed by atoms with Crippen LogP contribution in [0.1, 0.15) is 43.2 Å². The van der Waals surface area contributed by atoms with Gasteiger partial charge in [-0.3, -0.25) is 4.21 Å². The van der Waals surface area contributed by atoms with Crippen LogP contribution in [0.3, 0.4) is 0 Å². The van der Waals surface area contributed by atoms with Gasteiger partial charge in [0.15, 0.2) is 0 Å². The van der Waals surface area contributed by atoms with Gasteiger partial charge in [-0.05, 0) is 80.5 Å². The van der Waals surface area contributed by atoms with Crippen LogP contribution in [0.25, 0.3) is 0 Å². The van der Waals surface area contributed by atoms with Crippen LogP contribution in [0.15, 0.2) is 54.6 Å². The van der Waals surface area contributed by atoms with E-state index >= 15 is 0 Å². The molecular formula is C24H33N2O2S-. The second-order valence-corrected chi connectivity index (χ2v) is 10.3. The fourth-order valence-electron chi connectivity index (χ4n) is 4.76. The van der Waals surface area contributed by atoms with E-state index in [1.807, 2.05) is 39.2 Å². The fourth-order valence-corrected chi connectivity index (χ4v) is 5.52. The molecule has 0 N–H and O–H groups in total. The smallest absolute Gasteiger partial charge is 0.0361 e. The van der Waals surface area contributed by atoms with Crippen molar-refractivity contribution in [2.75, 3.05) is 33.1 Å². The van der Waals surface area contributed by atoms with Crippen molar-refractivity contribution in [1.82, 2.24) is 4.90 Å². The molecule has 0 heterocycles. The first kappa shape index (κ1) is 22.0. The normalized spacial score (nSPS) is 26.9. The number of nitrogens with zero attached hydrogens (tertiary/aromatic N) is 2. The van der Waals surface area contributed by atoms with E-state index < -0.39 is 15.8 Å². The Morgan fingerprint density at radius 1 is 1.00 bits per heavy atom. The van der Waals surface area contributed by atoms with Crippen molar-refractivity contribution in [3.63, 3.8) is 0 Å². The maximum Gasteiger partial charge on any atom is 0.0361 e. The molecule has 5 heteroatoms. The van der Waals surface area contributed by atoms with Gasteiger partial charge in [0.2, 0.25) is 0 Å². The molecule has 0 bridgehead atoms. The van der Waals surface area contributed by atoms with Gasteiger partial charge in [-0.2, -0.15) is 0 Å². The van der Waals surface area contributed by atoms with E-state index in [4.69, 9.17) is 0 Å². The van der Waals surface area contributed by atoms with Crippen LogP contribution >= 0.6 is 0 Å². The minimum Gasteiger partial charge on any atom is -0.772 e. The van der Waals surface area contributed by atoms with Gasteiger partial charge in [-0.15, -0.1) is 0 Å². The van der Waals surface area contributed by atoms with Crippen molar-refractivity contribution in [2.45, 2.75) is 42.9 Å². The summed E-state index contributed by atoms with van der Waals surface area (Å²) in [5.41, 5.74) is 3.51. The maximum atomic E-state index is 12.5. The molecule has 0 radical (unpaired) electrons. The average Bonchev–Trinajstić information content (AvgIpc) is 2.70. The molecule has 1 aliphatic rings. The zero-order chi connectivity index (χ0) is 21.2. The highest BCUT2D eigenvalue weighted by molar-refractivity contribution is 7.80. The summed E-state index contributed by atoms with van der Waals surface area (Å²) in [6.45, 7) is 1.94. The third-order valence-corrected chi connectivity index (χ3v) is 7.99. The summed E-state index contributed by atoms with van der Waals surface area (Å²) in [5, 5.41) is 0. The van der Waals surface area contributed by atoms with Crippen LogP contribution in [0.5, 0.6) is 0 Å². The zero-order valence-corrected chi connectivity index (χ0v) is 19.0. The van der Waals surface area contributed by atoms with E-state index in [2.05, 4.69) is 60.3 Å². The monoisotopic (exact) mass is 413 g/mol. The van der Waals surface area contributed by atoms with Gasteiger partial charge in [0.25, 0.3) is 0 Å². The summed E-state index contributed by atoms with van der Waals surface area (Å²) in [4.78, 5) is 4.33. The van der Waals surface area contributed by atoms with E-state index in [1.165, 1.54) is 11.1 Å². The SMILES string of the molecule is CN(C)c1ccc(C(c2ccccc2)C2CC(N(C)C)CCC2(C)S(=O)[O-])cc1. The molecule has 3 rings (SSSR count). The van der Waals surface area contributed by atoms with E-state index in [9.17, 15) is 8.76 Å². The lowest BCUT2D eigenvalue weighted by molar-refractivity contribution is 0.143. The quantitative estimate of drug-likeness (QED) is 0.664. The van der Waals surface area contributed by atoms with Crippen molar-refractivity contribution in [3.05, 3.63) is 65.7 Å². The molecule has 158 valence electrons. The van der Waals surface area contributed by atoms with E-state index in [1.54, 1.807) is 0 Å². The Kier molecular flexibility index (Phi) is 6.82. The summed E-state index contributed by atoms with van der Waals surface area (Å²) in [7, 11) is 8.26. The molecule has 1 fully saturated rings. The Labute approximate surface area is 178 Å². The first-order valence-corrected chi connectivity index (χ1v) is 11.4. The Morgan fingerprint density at radius 3 is 2.10 bits per heavy atom. The number of hydrogen-bond donors (Lipinski definition) is 0. The van der Waals surface area contributed by atoms with E-state index in [0.29, 0.717) is 12.5 Å². The number of anilines is 1. The number of benzene rings is 2. The second kappa shape index (κ2) is 8.99. The van der Waals surface area contributed by atoms with Gasteiger partial charge in [0.1, 0.15) is 0 Å². The molecule has 1 aliphatic carbocycles. The average molecular weight is 414 g/mol. The van der Waals surface area contributed by atoms with Crippen molar-refractivity contribution >= 4 is 16.8 Å². The first-order chi connectivity index (χ1) is 13.7. The van der Waals surface area contributed by atoms with Crippen LogP contribution in [-0.4, -0.2) is 52.6 Å². The van der Waals surface area contributed by atoms with Crippen LogP contribution in [0.4, 0.5) is 5.69 Å². The first-order valence-electron chi connectivity index (χ1n) is 10.3. The molecule has 5 atom stereocenters. The van der Waals surface area contributed by atoms with Gasteiger partial charge in [0, 0.05) is 36.5 Å². The third kappa shape index (κ3) is 4.57. The highest BCUT2D eigenvalue weighted by Crippen LogP contribution is 2.48. The molecule has 0 spiro atoms. The predicted octanol–water partition coefficient (Wildman–Crippen LogP) is 4.25. The highest BCUT2D eigenvalue weighted by atomic mass is 32.2. The maximum absolute atomic E-state index is 12.5. The summed E-state index contributed by atoms with van der Waals surface area (Å²) >= 11 is -2.13. The molecule has 0 aliphatic heterocycles. The van der Waals surface area contributed by atoms with Crippen LogP contribution < -0.4 is 4.90 Å². The van der Waals surface area contributed by atoms with E-state index in [0.717, 1.165) is 18.5 Å². The van der Waals surface area contributed by atoms with Crippen LogP contribution in [0, 0.1) is 5.92 Å². The highest BCUT2D eigenvalue weighted by Gasteiger charge is 2.46. The van der Waals surface area contributed by atoms with Gasteiger partial charge < -0.3 is 14.4 Å². The van der Waals surface area contributed by atoms with Crippen molar-refractivity contribution in [3.8, 4) is 0 Å². The molecule has 2 aromatic rings. The van der Waals surface area contributed by atoms with Crippen molar-refractivity contribution < 1.29 is 8.76 Å². The molecule has 5 unspecified atom stereocenters. The van der Waals surface area contributed by atoms with Crippen LogP contribution in [0.2, 0.25) is 0 Å². The second-order valence-electron chi connectivity index (χ2n) is 8.92. The Morgan fingerprint density at radius 2 is 1.59 bits per heavy atom. The molecule has 2 aromatic carbocycles. The summed E-state index contributed by atoms with van der Waals surface area (Å²) in [6, 6.07) is 19.4. The fraction of sp³-hybridized carbons (Fsp3) is 0.500. The molecular weight excluding hydrogens is 380 g/mol. The Balaban J connectivity index is 2.11. The number of hydrogen-bond acceptors (Lipinski definition) is 4. The number of rotatable bonds is 6. The van der Waals surface area contributed by atoms with Crippen molar-refractivity contribution in [1.29, 1.82) is 0 Å².